The molecule has 1 aromatic carbocycles. The lowest BCUT2D eigenvalue weighted by Crippen LogP contribution is -2.14. The summed E-state index contributed by atoms with van der Waals surface area (Å²) in [5, 5.41) is 1.05. The first kappa shape index (κ1) is 14.0. The summed E-state index contributed by atoms with van der Waals surface area (Å²) in [7, 11) is 0. The van der Waals surface area contributed by atoms with Crippen molar-refractivity contribution >= 4 is 31.9 Å². The van der Waals surface area contributed by atoms with Gasteiger partial charge in [0, 0.05) is 9.80 Å². The molecule has 1 atom stereocenters. The van der Waals surface area contributed by atoms with Crippen LogP contribution in [-0.4, -0.2) is 11.9 Å². The fourth-order valence-corrected chi connectivity index (χ4v) is 2.92. The van der Waals surface area contributed by atoms with Crippen LogP contribution in [0.1, 0.15) is 20.3 Å². The Morgan fingerprint density at radius 2 is 2.06 bits per heavy atom. The molecule has 3 heteroatoms. The number of benzene rings is 1. The van der Waals surface area contributed by atoms with Crippen molar-refractivity contribution in [2.45, 2.75) is 20.3 Å². The average Bonchev–Trinajstić information content (AvgIpc) is 2.24. The van der Waals surface area contributed by atoms with E-state index >= 15 is 0 Å². The molecule has 1 nitrogen and oxygen atoms in total. The van der Waals surface area contributed by atoms with Gasteiger partial charge >= 0.3 is 0 Å². The highest BCUT2D eigenvalue weighted by Crippen LogP contribution is 2.20. The summed E-state index contributed by atoms with van der Waals surface area (Å²) in [6, 6.07) is 7.98. The largest absolute Gasteiger partial charge is 0.494 e. The van der Waals surface area contributed by atoms with Gasteiger partial charge in [-0.15, -0.1) is 0 Å². The van der Waals surface area contributed by atoms with Gasteiger partial charge in [-0.25, -0.2) is 0 Å². The summed E-state index contributed by atoms with van der Waals surface area (Å²) in [5.74, 6) is 2.32. The third kappa shape index (κ3) is 4.88. The zero-order valence-electron chi connectivity index (χ0n) is 9.75. The van der Waals surface area contributed by atoms with E-state index in [-0.39, 0.29) is 0 Å². The lowest BCUT2D eigenvalue weighted by atomic mass is 9.95. The summed E-state index contributed by atoms with van der Waals surface area (Å²) in [6.07, 6.45) is 1.09. The van der Waals surface area contributed by atoms with Gasteiger partial charge in [-0.3, -0.25) is 0 Å². The van der Waals surface area contributed by atoms with Gasteiger partial charge in [-0.1, -0.05) is 51.8 Å². The van der Waals surface area contributed by atoms with Gasteiger partial charge in [0.05, 0.1) is 6.61 Å². The van der Waals surface area contributed by atoms with E-state index in [1.165, 1.54) is 0 Å². The summed E-state index contributed by atoms with van der Waals surface area (Å²) >= 11 is 6.98. The summed E-state index contributed by atoms with van der Waals surface area (Å²) in [4.78, 5) is 0. The van der Waals surface area contributed by atoms with E-state index in [0.29, 0.717) is 11.8 Å². The number of hydrogen-bond acceptors (Lipinski definition) is 1. The molecular formula is C13H18Br2O. The van der Waals surface area contributed by atoms with Crippen molar-refractivity contribution in [3.05, 3.63) is 28.7 Å². The highest BCUT2D eigenvalue weighted by molar-refractivity contribution is 9.10. The summed E-state index contributed by atoms with van der Waals surface area (Å²) in [6.45, 7) is 5.29. The van der Waals surface area contributed by atoms with E-state index in [1.807, 2.05) is 24.3 Å². The van der Waals surface area contributed by atoms with Gasteiger partial charge in [0.15, 0.2) is 0 Å². The second-order valence-electron chi connectivity index (χ2n) is 4.25. The second-order valence-corrected chi connectivity index (χ2v) is 5.82. The Balaban J connectivity index is 2.35. The molecule has 90 valence electrons. The number of ether oxygens (including phenoxy) is 1. The minimum atomic E-state index is 0.687. The number of rotatable bonds is 6. The van der Waals surface area contributed by atoms with E-state index in [2.05, 4.69) is 45.7 Å². The van der Waals surface area contributed by atoms with Crippen LogP contribution in [0.3, 0.4) is 0 Å². The van der Waals surface area contributed by atoms with Crippen molar-refractivity contribution in [2.75, 3.05) is 11.9 Å². The molecule has 1 aromatic rings. The number of hydrogen-bond donors (Lipinski definition) is 0. The van der Waals surface area contributed by atoms with Crippen molar-refractivity contribution in [1.82, 2.24) is 0 Å². The molecule has 0 radical (unpaired) electrons. The van der Waals surface area contributed by atoms with Crippen LogP contribution >= 0.6 is 31.9 Å². The van der Waals surface area contributed by atoms with Crippen LogP contribution in [0.4, 0.5) is 0 Å². The first-order valence-corrected chi connectivity index (χ1v) is 7.49. The van der Waals surface area contributed by atoms with Gasteiger partial charge in [-0.05, 0) is 36.5 Å². The molecule has 0 saturated heterocycles. The topological polar surface area (TPSA) is 9.23 Å². The van der Waals surface area contributed by atoms with Crippen LogP contribution in [0.5, 0.6) is 5.75 Å². The maximum Gasteiger partial charge on any atom is 0.120 e. The Morgan fingerprint density at radius 1 is 1.31 bits per heavy atom. The molecule has 0 bridgehead atoms. The zero-order chi connectivity index (χ0) is 12.0. The molecule has 0 saturated carbocycles. The predicted octanol–water partition coefficient (Wildman–Crippen LogP) is 4.89. The molecule has 0 fully saturated rings. The van der Waals surface area contributed by atoms with E-state index in [1.54, 1.807) is 0 Å². The molecule has 0 aliphatic carbocycles. The number of alkyl halides is 1. The van der Waals surface area contributed by atoms with Gasteiger partial charge < -0.3 is 4.74 Å². The smallest absolute Gasteiger partial charge is 0.120 e. The fourth-order valence-electron chi connectivity index (χ4n) is 1.47. The van der Waals surface area contributed by atoms with E-state index < -0.39 is 0 Å². The summed E-state index contributed by atoms with van der Waals surface area (Å²) in [5.41, 5.74) is 0. The Kier molecular flexibility index (Phi) is 6.44. The molecular weight excluding hydrogens is 332 g/mol. The van der Waals surface area contributed by atoms with Crippen molar-refractivity contribution in [1.29, 1.82) is 0 Å². The quantitative estimate of drug-likeness (QED) is 0.664. The molecule has 1 rings (SSSR count). The fraction of sp³-hybridized carbons (Fsp3) is 0.538. The second kappa shape index (κ2) is 7.33. The van der Waals surface area contributed by atoms with E-state index in [9.17, 15) is 0 Å². The van der Waals surface area contributed by atoms with Crippen molar-refractivity contribution in [3.63, 3.8) is 0 Å². The Bertz CT molecular complexity index is 313. The normalized spacial score (nSPS) is 12.8. The van der Waals surface area contributed by atoms with Gasteiger partial charge in [0.25, 0.3) is 0 Å². The average molecular weight is 350 g/mol. The van der Waals surface area contributed by atoms with Crippen molar-refractivity contribution in [2.24, 2.45) is 11.8 Å². The highest BCUT2D eigenvalue weighted by Gasteiger charge is 2.11. The lowest BCUT2D eigenvalue weighted by Gasteiger charge is -2.18. The predicted molar refractivity (Wildman–Crippen MR) is 76.4 cm³/mol. The molecule has 0 aromatic heterocycles. The Hall–Kier alpha value is -0.0200. The van der Waals surface area contributed by atoms with E-state index in [4.69, 9.17) is 4.74 Å². The highest BCUT2D eigenvalue weighted by atomic mass is 79.9. The standard InChI is InChI=1S/C13H18Br2O/c1-10(2)11(9-14)6-7-16-13-5-3-4-12(15)8-13/h3-5,8,10-11H,6-7,9H2,1-2H3. The SMILES string of the molecule is CC(C)C(CBr)CCOc1cccc(Br)c1. The zero-order valence-corrected chi connectivity index (χ0v) is 12.9. The van der Waals surface area contributed by atoms with Gasteiger partial charge in [0.2, 0.25) is 0 Å². The molecule has 0 spiro atoms. The first-order chi connectivity index (χ1) is 7.63. The maximum atomic E-state index is 5.72. The third-order valence-corrected chi connectivity index (χ3v) is 4.02. The van der Waals surface area contributed by atoms with E-state index in [0.717, 1.165) is 28.6 Å². The lowest BCUT2D eigenvalue weighted by molar-refractivity contribution is 0.262. The van der Waals surface area contributed by atoms with Crippen molar-refractivity contribution in [3.8, 4) is 5.75 Å². The molecule has 0 aliphatic heterocycles. The van der Waals surface area contributed by atoms with Crippen LogP contribution < -0.4 is 4.74 Å². The molecule has 0 heterocycles. The maximum absolute atomic E-state index is 5.72. The van der Waals surface area contributed by atoms with Crippen molar-refractivity contribution < 1.29 is 4.74 Å². The number of halogens is 2. The molecule has 16 heavy (non-hydrogen) atoms. The molecule has 0 amide bonds. The van der Waals surface area contributed by atoms with Gasteiger partial charge in [0.1, 0.15) is 5.75 Å². The Labute approximate surface area is 115 Å². The minimum absolute atomic E-state index is 0.687. The Morgan fingerprint density at radius 3 is 2.62 bits per heavy atom. The van der Waals surface area contributed by atoms with Crippen LogP contribution in [0, 0.1) is 11.8 Å². The van der Waals surface area contributed by atoms with Crippen LogP contribution in [-0.2, 0) is 0 Å². The minimum Gasteiger partial charge on any atom is -0.494 e. The van der Waals surface area contributed by atoms with Crippen LogP contribution in [0.25, 0.3) is 0 Å². The van der Waals surface area contributed by atoms with Crippen LogP contribution in [0.2, 0.25) is 0 Å². The molecule has 0 aliphatic rings. The first-order valence-electron chi connectivity index (χ1n) is 5.57. The van der Waals surface area contributed by atoms with Gasteiger partial charge in [-0.2, -0.15) is 0 Å². The van der Waals surface area contributed by atoms with Crippen LogP contribution in [0.15, 0.2) is 28.7 Å². The third-order valence-electron chi connectivity index (χ3n) is 2.69. The monoisotopic (exact) mass is 348 g/mol. The molecule has 1 unspecified atom stereocenters. The molecule has 0 N–H and O–H groups in total. The summed E-state index contributed by atoms with van der Waals surface area (Å²) < 4.78 is 6.78.